The predicted molar refractivity (Wildman–Crippen MR) is 93.1 cm³/mol. The van der Waals surface area contributed by atoms with Crippen molar-refractivity contribution in [2.45, 2.75) is 31.7 Å². The monoisotopic (exact) mass is 294 g/mol. The minimum atomic E-state index is 0.607. The third-order valence-corrected chi connectivity index (χ3v) is 5.53. The first-order valence-electron chi connectivity index (χ1n) is 8.86. The lowest BCUT2D eigenvalue weighted by molar-refractivity contribution is 0.126. The maximum absolute atomic E-state index is 3.51. The van der Waals surface area contributed by atoms with Crippen molar-refractivity contribution in [2.24, 2.45) is 5.92 Å². The van der Waals surface area contributed by atoms with Crippen molar-refractivity contribution < 1.29 is 0 Å². The fourth-order valence-electron chi connectivity index (χ4n) is 4.49. The number of fused-ring (bicyclic) bond motifs is 1. The van der Waals surface area contributed by atoms with Crippen molar-refractivity contribution in [3.8, 4) is 0 Å². The van der Waals surface area contributed by atoms with Crippen LogP contribution in [0.15, 0.2) is 42.5 Å². The number of hydrogen-bond donors (Lipinski definition) is 1. The maximum atomic E-state index is 3.51. The molecule has 1 saturated heterocycles. The first-order valence-corrected chi connectivity index (χ1v) is 8.86. The van der Waals surface area contributed by atoms with Crippen LogP contribution in [0.3, 0.4) is 0 Å². The normalized spacial score (nSPS) is 22.2. The van der Waals surface area contributed by atoms with E-state index >= 15 is 0 Å². The molecule has 2 heteroatoms. The molecular weight excluding hydrogens is 268 g/mol. The summed E-state index contributed by atoms with van der Waals surface area (Å²) >= 11 is 0. The second kappa shape index (κ2) is 6.39. The van der Waals surface area contributed by atoms with Gasteiger partial charge in [0.05, 0.1) is 0 Å². The van der Waals surface area contributed by atoms with E-state index in [9.17, 15) is 0 Å². The molecule has 2 aromatic carbocycles. The Morgan fingerprint density at radius 2 is 1.64 bits per heavy atom. The van der Waals surface area contributed by atoms with E-state index in [1.807, 2.05) is 0 Å². The van der Waals surface area contributed by atoms with Gasteiger partial charge in [-0.15, -0.1) is 0 Å². The van der Waals surface area contributed by atoms with E-state index in [2.05, 4.69) is 52.7 Å². The van der Waals surface area contributed by atoms with Gasteiger partial charge >= 0.3 is 0 Å². The average Bonchev–Trinajstić information content (AvgIpc) is 3.11. The molecule has 1 saturated carbocycles. The molecule has 0 spiro atoms. The van der Waals surface area contributed by atoms with Crippen LogP contribution >= 0.6 is 0 Å². The standard InChI is InChI=1S/C20H26N2/c1-2-8-17(7-1)20(22-14-12-21-13-15-22)19-11-5-9-16-6-3-4-10-18(16)19/h3-6,9-11,17,20-21H,1-2,7-8,12-15H2/t20-/m1/s1. The van der Waals surface area contributed by atoms with E-state index in [0.29, 0.717) is 6.04 Å². The minimum absolute atomic E-state index is 0.607. The molecule has 1 atom stereocenters. The Hall–Kier alpha value is -1.38. The third kappa shape index (κ3) is 2.66. The molecule has 2 fully saturated rings. The highest BCUT2D eigenvalue weighted by molar-refractivity contribution is 5.86. The summed E-state index contributed by atoms with van der Waals surface area (Å²) in [6.45, 7) is 4.64. The van der Waals surface area contributed by atoms with Crippen LogP contribution in [0, 0.1) is 5.92 Å². The second-order valence-corrected chi connectivity index (χ2v) is 6.84. The molecule has 0 radical (unpaired) electrons. The molecule has 0 unspecified atom stereocenters. The summed E-state index contributed by atoms with van der Waals surface area (Å²) in [5, 5.41) is 6.35. The van der Waals surface area contributed by atoms with E-state index in [4.69, 9.17) is 0 Å². The Bertz CT molecular complexity index is 619. The fourth-order valence-corrected chi connectivity index (χ4v) is 4.49. The van der Waals surface area contributed by atoms with E-state index in [1.165, 1.54) is 49.5 Å². The molecule has 116 valence electrons. The SMILES string of the molecule is c1ccc2c([C@@H](C3CCCC3)N3CCNCC3)cccc2c1. The van der Waals surface area contributed by atoms with Crippen LogP contribution in [0.25, 0.3) is 10.8 Å². The first-order chi connectivity index (χ1) is 10.9. The largest absolute Gasteiger partial charge is 0.314 e. The topological polar surface area (TPSA) is 15.3 Å². The zero-order valence-electron chi connectivity index (χ0n) is 13.3. The maximum Gasteiger partial charge on any atom is 0.0383 e. The van der Waals surface area contributed by atoms with E-state index in [1.54, 1.807) is 5.56 Å². The minimum Gasteiger partial charge on any atom is -0.314 e. The van der Waals surface area contributed by atoms with Gasteiger partial charge in [0, 0.05) is 32.2 Å². The Kier molecular flexibility index (Phi) is 4.13. The van der Waals surface area contributed by atoms with Gasteiger partial charge in [0.2, 0.25) is 0 Å². The summed E-state index contributed by atoms with van der Waals surface area (Å²) in [6, 6.07) is 16.4. The molecule has 1 N–H and O–H groups in total. The summed E-state index contributed by atoms with van der Waals surface area (Å²) in [5.74, 6) is 0.837. The van der Waals surface area contributed by atoms with E-state index in [-0.39, 0.29) is 0 Å². The van der Waals surface area contributed by atoms with Crippen molar-refractivity contribution in [3.63, 3.8) is 0 Å². The fraction of sp³-hybridized carbons (Fsp3) is 0.500. The number of benzene rings is 2. The van der Waals surface area contributed by atoms with Crippen molar-refractivity contribution in [1.82, 2.24) is 10.2 Å². The molecule has 1 aliphatic carbocycles. The zero-order chi connectivity index (χ0) is 14.8. The highest BCUT2D eigenvalue weighted by Crippen LogP contribution is 2.41. The lowest BCUT2D eigenvalue weighted by Gasteiger charge is -2.39. The Labute approximate surface area is 133 Å². The summed E-state index contributed by atoms with van der Waals surface area (Å²) in [5.41, 5.74) is 1.56. The molecular formula is C20H26N2. The van der Waals surface area contributed by atoms with Gasteiger partial charge in [-0.05, 0) is 35.1 Å². The van der Waals surface area contributed by atoms with Gasteiger partial charge in [-0.25, -0.2) is 0 Å². The molecule has 2 nitrogen and oxygen atoms in total. The van der Waals surface area contributed by atoms with Crippen molar-refractivity contribution in [1.29, 1.82) is 0 Å². The van der Waals surface area contributed by atoms with E-state index < -0.39 is 0 Å². The van der Waals surface area contributed by atoms with Crippen molar-refractivity contribution in [2.75, 3.05) is 26.2 Å². The van der Waals surface area contributed by atoms with Crippen LogP contribution in [0.4, 0.5) is 0 Å². The third-order valence-electron chi connectivity index (χ3n) is 5.53. The summed E-state index contributed by atoms with van der Waals surface area (Å²) in [7, 11) is 0. The quantitative estimate of drug-likeness (QED) is 0.921. The second-order valence-electron chi connectivity index (χ2n) is 6.84. The molecule has 0 aromatic heterocycles. The zero-order valence-corrected chi connectivity index (χ0v) is 13.3. The lowest BCUT2D eigenvalue weighted by atomic mass is 9.87. The van der Waals surface area contributed by atoms with Gasteiger partial charge in [-0.2, -0.15) is 0 Å². The van der Waals surface area contributed by atoms with Gasteiger partial charge < -0.3 is 5.32 Å². The van der Waals surface area contributed by atoms with Crippen molar-refractivity contribution >= 4 is 10.8 Å². The highest BCUT2D eigenvalue weighted by Gasteiger charge is 2.32. The molecule has 0 bridgehead atoms. The number of nitrogens with zero attached hydrogens (tertiary/aromatic N) is 1. The molecule has 2 aromatic rings. The van der Waals surface area contributed by atoms with Gasteiger partial charge in [0.15, 0.2) is 0 Å². The van der Waals surface area contributed by atoms with Gasteiger partial charge in [-0.3, -0.25) is 4.90 Å². The molecule has 4 rings (SSSR count). The van der Waals surface area contributed by atoms with E-state index in [0.717, 1.165) is 19.0 Å². The number of piperazine rings is 1. The predicted octanol–water partition coefficient (Wildman–Crippen LogP) is 3.98. The first kappa shape index (κ1) is 14.2. The Morgan fingerprint density at radius 1 is 0.909 bits per heavy atom. The highest BCUT2D eigenvalue weighted by atomic mass is 15.2. The molecule has 1 aliphatic heterocycles. The van der Waals surface area contributed by atoms with Crippen LogP contribution in [-0.2, 0) is 0 Å². The molecule has 22 heavy (non-hydrogen) atoms. The lowest BCUT2D eigenvalue weighted by Crippen LogP contribution is -2.46. The van der Waals surface area contributed by atoms with Crippen LogP contribution in [0.2, 0.25) is 0 Å². The summed E-state index contributed by atoms with van der Waals surface area (Å²) < 4.78 is 0. The molecule has 2 aliphatic rings. The van der Waals surface area contributed by atoms with Crippen LogP contribution < -0.4 is 5.32 Å². The summed E-state index contributed by atoms with van der Waals surface area (Å²) in [6.07, 6.45) is 5.63. The number of nitrogens with one attached hydrogen (secondary N) is 1. The smallest absolute Gasteiger partial charge is 0.0383 e. The van der Waals surface area contributed by atoms with Crippen LogP contribution in [0.5, 0.6) is 0 Å². The van der Waals surface area contributed by atoms with Gasteiger partial charge in [-0.1, -0.05) is 55.3 Å². The van der Waals surface area contributed by atoms with Crippen LogP contribution in [-0.4, -0.2) is 31.1 Å². The summed E-state index contributed by atoms with van der Waals surface area (Å²) in [4.78, 5) is 2.74. The van der Waals surface area contributed by atoms with Crippen molar-refractivity contribution in [3.05, 3.63) is 48.0 Å². The average molecular weight is 294 g/mol. The Morgan fingerprint density at radius 3 is 2.45 bits per heavy atom. The number of hydrogen-bond acceptors (Lipinski definition) is 2. The molecule has 1 heterocycles. The number of rotatable bonds is 3. The van der Waals surface area contributed by atoms with Crippen LogP contribution in [0.1, 0.15) is 37.3 Å². The molecule has 0 amide bonds. The van der Waals surface area contributed by atoms with Gasteiger partial charge in [0.1, 0.15) is 0 Å². The van der Waals surface area contributed by atoms with Gasteiger partial charge in [0.25, 0.3) is 0 Å². The Balaban J connectivity index is 1.77.